The van der Waals surface area contributed by atoms with Crippen molar-refractivity contribution in [2.75, 3.05) is 28.2 Å². The molecule has 0 amide bonds. The number of halogens is 1. The molecule has 0 radical (unpaired) electrons. The zero-order chi connectivity index (χ0) is 6.73. The molecular formula is C4H12ClGaN2. The zero-order valence-corrected chi connectivity index (χ0v) is 9.03. The van der Waals surface area contributed by atoms with Gasteiger partial charge in [0.05, 0.1) is 0 Å². The normalized spacial score (nSPS) is 10.9. The summed E-state index contributed by atoms with van der Waals surface area (Å²) in [7, 11) is 14.1. The molecule has 8 heavy (non-hydrogen) atoms. The van der Waals surface area contributed by atoms with Crippen LogP contribution in [0.2, 0.25) is 0 Å². The Kier molecular flexibility index (Phi) is 4.19. The summed E-state index contributed by atoms with van der Waals surface area (Å²) in [5.41, 5.74) is 0. The zero-order valence-electron chi connectivity index (χ0n) is 5.85. The van der Waals surface area contributed by atoms with Crippen LogP contribution in [0.3, 0.4) is 0 Å². The molecule has 0 aromatic heterocycles. The maximum atomic E-state index is 5.99. The molecule has 0 fully saturated rings. The van der Waals surface area contributed by atoms with Gasteiger partial charge in [0, 0.05) is 0 Å². The molecule has 0 unspecified atom stereocenters. The molecular weight excluding hydrogens is 181 g/mol. The molecule has 0 bridgehead atoms. The van der Waals surface area contributed by atoms with Crippen LogP contribution >= 0.6 is 9.64 Å². The molecule has 0 atom stereocenters. The molecule has 0 spiro atoms. The van der Waals surface area contributed by atoms with Gasteiger partial charge in [-0.3, -0.25) is 0 Å². The molecule has 4 heteroatoms. The van der Waals surface area contributed by atoms with E-state index in [1.54, 1.807) is 0 Å². The van der Waals surface area contributed by atoms with Crippen molar-refractivity contribution in [2.45, 2.75) is 0 Å². The third kappa shape index (κ3) is 2.99. The monoisotopic (exact) mass is 192 g/mol. The molecule has 0 aromatic rings. The second kappa shape index (κ2) is 3.79. The van der Waals surface area contributed by atoms with Crippen LogP contribution in [0.5, 0.6) is 0 Å². The second-order valence-electron chi connectivity index (χ2n) is 2.24. The quantitative estimate of drug-likeness (QED) is 0.583. The van der Waals surface area contributed by atoms with Crippen molar-refractivity contribution >= 4 is 25.3 Å². The Bertz CT molecular complexity index is 59.1. The molecule has 0 N–H and O–H groups in total. The van der Waals surface area contributed by atoms with Crippen molar-refractivity contribution in [3.63, 3.8) is 0 Å². The second-order valence-corrected chi connectivity index (χ2v) is 9.90. The van der Waals surface area contributed by atoms with E-state index in [-0.39, 0.29) is 0 Å². The molecule has 0 aromatic carbocycles. The summed E-state index contributed by atoms with van der Waals surface area (Å²) in [6, 6.07) is 0. The van der Waals surface area contributed by atoms with Crippen molar-refractivity contribution in [1.29, 1.82) is 0 Å². The molecule has 0 saturated heterocycles. The first-order valence-corrected chi connectivity index (χ1v) is 7.87. The van der Waals surface area contributed by atoms with Gasteiger partial charge in [-0.2, -0.15) is 0 Å². The third-order valence-electron chi connectivity index (χ3n) is 0.852. The first-order valence-electron chi connectivity index (χ1n) is 2.52. The number of nitrogens with zero attached hydrogens (tertiary/aromatic N) is 2. The summed E-state index contributed by atoms with van der Waals surface area (Å²) in [4.78, 5) is 0. The molecule has 0 saturated carbocycles. The van der Waals surface area contributed by atoms with Gasteiger partial charge < -0.3 is 0 Å². The minimum atomic E-state index is -1.64. The molecule has 0 rings (SSSR count). The number of rotatable bonds is 2. The van der Waals surface area contributed by atoms with E-state index < -0.39 is 15.7 Å². The predicted molar refractivity (Wildman–Crippen MR) is 39.0 cm³/mol. The van der Waals surface area contributed by atoms with E-state index >= 15 is 0 Å². The first kappa shape index (κ1) is 8.85. The fraction of sp³-hybridized carbons (Fsp3) is 1.00. The van der Waals surface area contributed by atoms with E-state index in [1.807, 2.05) is 28.2 Å². The molecule has 0 heterocycles. The summed E-state index contributed by atoms with van der Waals surface area (Å²) in [5, 5.41) is 0. The van der Waals surface area contributed by atoms with E-state index in [4.69, 9.17) is 9.64 Å². The average Bonchev–Trinajstić information content (AvgIpc) is 1.64. The van der Waals surface area contributed by atoms with Gasteiger partial charge in [0.15, 0.2) is 0 Å². The van der Waals surface area contributed by atoms with Crippen LogP contribution in [0, 0.1) is 0 Å². The van der Waals surface area contributed by atoms with Crippen molar-refractivity contribution in [3.05, 3.63) is 0 Å². The molecule has 48 valence electrons. The van der Waals surface area contributed by atoms with E-state index in [0.29, 0.717) is 0 Å². The van der Waals surface area contributed by atoms with Crippen LogP contribution in [0.25, 0.3) is 0 Å². The van der Waals surface area contributed by atoms with Crippen molar-refractivity contribution in [1.82, 2.24) is 7.21 Å². The summed E-state index contributed by atoms with van der Waals surface area (Å²) < 4.78 is 4.24. The van der Waals surface area contributed by atoms with Crippen molar-refractivity contribution < 1.29 is 0 Å². The molecule has 0 aliphatic heterocycles. The Morgan fingerprint density at radius 2 is 1.25 bits per heavy atom. The summed E-state index contributed by atoms with van der Waals surface area (Å²) >= 11 is -1.64. The number of hydrogen-bond acceptors (Lipinski definition) is 2. The van der Waals surface area contributed by atoms with Gasteiger partial charge in [-0.15, -0.1) is 0 Å². The van der Waals surface area contributed by atoms with E-state index in [1.165, 1.54) is 0 Å². The van der Waals surface area contributed by atoms with E-state index in [0.717, 1.165) is 0 Å². The Labute approximate surface area is 61.0 Å². The summed E-state index contributed by atoms with van der Waals surface area (Å²) in [6.07, 6.45) is 0. The van der Waals surface area contributed by atoms with Crippen LogP contribution in [-0.2, 0) is 0 Å². The molecule has 0 aliphatic carbocycles. The maximum absolute atomic E-state index is 5.99. The van der Waals surface area contributed by atoms with Crippen molar-refractivity contribution in [2.24, 2.45) is 0 Å². The van der Waals surface area contributed by atoms with Crippen LogP contribution < -0.4 is 0 Å². The van der Waals surface area contributed by atoms with Crippen molar-refractivity contribution in [3.8, 4) is 0 Å². The average molecular weight is 193 g/mol. The van der Waals surface area contributed by atoms with E-state index in [2.05, 4.69) is 7.21 Å². The van der Waals surface area contributed by atoms with Gasteiger partial charge in [-0.25, -0.2) is 0 Å². The SMILES string of the molecule is C[N](C)[Ga]([Cl])[N](C)C. The van der Waals surface area contributed by atoms with Gasteiger partial charge >= 0.3 is 60.7 Å². The summed E-state index contributed by atoms with van der Waals surface area (Å²) in [5.74, 6) is 0. The Morgan fingerprint density at radius 3 is 1.25 bits per heavy atom. The fourth-order valence-electron chi connectivity index (χ4n) is 0.462. The van der Waals surface area contributed by atoms with Gasteiger partial charge in [0.2, 0.25) is 0 Å². The third-order valence-corrected chi connectivity index (χ3v) is 8.49. The predicted octanol–water partition coefficient (Wildman–Crippen LogP) is 0.333. The van der Waals surface area contributed by atoms with Gasteiger partial charge in [0.25, 0.3) is 0 Å². The van der Waals surface area contributed by atoms with Crippen LogP contribution in [0.15, 0.2) is 0 Å². The summed E-state index contributed by atoms with van der Waals surface area (Å²) in [6.45, 7) is 0. The first-order chi connectivity index (χ1) is 3.55. The minimum absolute atomic E-state index is 1.64. The van der Waals surface area contributed by atoms with Gasteiger partial charge in [-0.1, -0.05) is 0 Å². The Balaban J connectivity index is 3.46. The van der Waals surface area contributed by atoms with Gasteiger partial charge in [-0.05, 0) is 0 Å². The topological polar surface area (TPSA) is 6.48 Å². The Hall–Kier alpha value is 0.846. The standard InChI is InChI=1S/2C2H6N.ClH.Ga/c2*1-3-2;;/h2*1-2H3;1H;/q2*-1;;+3/p-1. The molecule has 2 nitrogen and oxygen atoms in total. The van der Waals surface area contributed by atoms with Crippen LogP contribution in [0.1, 0.15) is 0 Å². The Morgan fingerprint density at radius 1 is 1.00 bits per heavy atom. The van der Waals surface area contributed by atoms with E-state index in [9.17, 15) is 0 Å². The molecule has 0 aliphatic rings. The van der Waals surface area contributed by atoms with Crippen LogP contribution in [0.4, 0.5) is 0 Å². The fourth-order valence-corrected chi connectivity index (χ4v) is 2.40. The van der Waals surface area contributed by atoms with Crippen LogP contribution in [-0.4, -0.2) is 51.1 Å². The number of hydrogen-bond donors (Lipinski definition) is 0. The van der Waals surface area contributed by atoms with Gasteiger partial charge in [0.1, 0.15) is 0 Å².